The standard InChI is InChI=1S/C12H9BrN2O3/c1-6-2-3-7(4-9(6)13)10-14-5-8(12(17)18)11(16)15-10/h2-5H,1H3,(H,17,18)(H,14,15,16). The Bertz CT molecular complexity index is 679. The van der Waals surface area contributed by atoms with Gasteiger partial charge in [0.25, 0.3) is 5.56 Å². The number of carboxylic acid groups (broad SMARTS) is 1. The van der Waals surface area contributed by atoms with Gasteiger partial charge in [-0.1, -0.05) is 28.1 Å². The number of H-pyrrole nitrogens is 1. The number of hydrogen-bond acceptors (Lipinski definition) is 3. The molecule has 0 fully saturated rings. The van der Waals surface area contributed by atoms with Crippen LogP contribution in [0.4, 0.5) is 0 Å². The second-order valence-electron chi connectivity index (χ2n) is 3.74. The minimum absolute atomic E-state index is 0.339. The van der Waals surface area contributed by atoms with E-state index in [9.17, 15) is 9.59 Å². The number of aromatic carboxylic acids is 1. The number of rotatable bonds is 2. The third-order valence-corrected chi connectivity index (χ3v) is 3.33. The molecule has 0 saturated carbocycles. The van der Waals surface area contributed by atoms with Crippen LogP contribution in [-0.2, 0) is 0 Å². The van der Waals surface area contributed by atoms with Crippen molar-refractivity contribution in [3.8, 4) is 11.4 Å². The molecule has 0 bridgehead atoms. The van der Waals surface area contributed by atoms with Gasteiger partial charge in [0.2, 0.25) is 0 Å². The topological polar surface area (TPSA) is 83.0 Å². The van der Waals surface area contributed by atoms with Gasteiger partial charge >= 0.3 is 5.97 Å². The highest BCUT2D eigenvalue weighted by Crippen LogP contribution is 2.22. The molecule has 0 spiro atoms. The molecule has 0 unspecified atom stereocenters. The zero-order chi connectivity index (χ0) is 13.3. The minimum Gasteiger partial charge on any atom is -0.477 e. The molecule has 0 radical (unpaired) electrons. The van der Waals surface area contributed by atoms with Gasteiger partial charge in [0.1, 0.15) is 11.4 Å². The van der Waals surface area contributed by atoms with Crippen LogP contribution in [-0.4, -0.2) is 21.0 Å². The number of halogens is 1. The van der Waals surface area contributed by atoms with Crippen LogP contribution in [0.1, 0.15) is 15.9 Å². The zero-order valence-corrected chi connectivity index (χ0v) is 11.0. The lowest BCUT2D eigenvalue weighted by Gasteiger charge is -2.04. The Balaban J connectivity index is 2.52. The maximum absolute atomic E-state index is 11.5. The summed E-state index contributed by atoms with van der Waals surface area (Å²) in [5.41, 5.74) is 0.735. The van der Waals surface area contributed by atoms with Gasteiger partial charge in [-0.3, -0.25) is 4.79 Å². The van der Waals surface area contributed by atoms with E-state index in [-0.39, 0.29) is 5.56 Å². The van der Waals surface area contributed by atoms with E-state index in [0.717, 1.165) is 16.2 Å². The third-order valence-electron chi connectivity index (χ3n) is 2.47. The number of aryl methyl sites for hydroxylation is 1. The largest absolute Gasteiger partial charge is 0.477 e. The van der Waals surface area contributed by atoms with Gasteiger partial charge in [0, 0.05) is 16.2 Å². The van der Waals surface area contributed by atoms with Crippen LogP contribution in [0.2, 0.25) is 0 Å². The number of nitrogens with one attached hydrogen (secondary N) is 1. The lowest BCUT2D eigenvalue weighted by atomic mass is 10.1. The van der Waals surface area contributed by atoms with E-state index in [1.807, 2.05) is 19.1 Å². The monoisotopic (exact) mass is 308 g/mol. The average molecular weight is 309 g/mol. The molecule has 1 aromatic heterocycles. The van der Waals surface area contributed by atoms with Crippen LogP contribution in [0.25, 0.3) is 11.4 Å². The number of nitrogens with zero attached hydrogens (tertiary/aromatic N) is 1. The van der Waals surface area contributed by atoms with Crippen molar-refractivity contribution in [2.45, 2.75) is 6.92 Å². The van der Waals surface area contributed by atoms with Crippen molar-refractivity contribution in [2.24, 2.45) is 0 Å². The summed E-state index contributed by atoms with van der Waals surface area (Å²) in [4.78, 5) is 28.6. The predicted octanol–water partition coefficient (Wildman–Crippen LogP) is 2.21. The molecular formula is C12H9BrN2O3. The molecule has 1 aromatic carbocycles. The third kappa shape index (κ3) is 2.33. The smallest absolute Gasteiger partial charge is 0.342 e. The van der Waals surface area contributed by atoms with Crippen molar-refractivity contribution in [1.82, 2.24) is 9.97 Å². The number of aromatic nitrogens is 2. The predicted molar refractivity (Wildman–Crippen MR) is 69.7 cm³/mol. The number of hydrogen-bond donors (Lipinski definition) is 2. The van der Waals surface area contributed by atoms with Crippen LogP contribution < -0.4 is 5.56 Å². The van der Waals surface area contributed by atoms with Crippen LogP contribution in [0.15, 0.2) is 33.7 Å². The molecule has 0 aliphatic carbocycles. The fourth-order valence-corrected chi connectivity index (χ4v) is 1.81. The molecule has 2 rings (SSSR count). The van der Waals surface area contributed by atoms with E-state index < -0.39 is 11.5 Å². The molecule has 2 aromatic rings. The van der Waals surface area contributed by atoms with E-state index in [1.165, 1.54) is 0 Å². The first-order chi connectivity index (χ1) is 8.49. The molecule has 0 saturated heterocycles. The lowest BCUT2D eigenvalue weighted by molar-refractivity contribution is 0.0694. The summed E-state index contributed by atoms with van der Waals surface area (Å²) in [6, 6.07) is 5.50. The van der Waals surface area contributed by atoms with Gasteiger partial charge in [-0.05, 0) is 18.6 Å². The Hall–Kier alpha value is -1.95. The molecule has 2 N–H and O–H groups in total. The van der Waals surface area contributed by atoms with Crippen LogP contribution in [0, 0.1) is 6.92 Å². The van der Waals surface area contributed by atoms with Crippen molar-refractivity contribution in [1.29, 1.82) is 0 Å². The number of benzene rings is 1. The fourth-order valence-electron chi connectivity index (χ4n) is 1.43. The average Bonchev–Trinajstić information content (AvgIpc) is 2.32. The molecule has 1 heterocycles. The summed E-state index contributed by atoms with van der Waals surface area (Å²) in [6.07, 6.45) is 1.06. The molecule has 6 heteroatoms. The first-order valence-electron chi connectivity index (χ1n) is 5.08. The SMILES string of the molecule is Cc1ccc(-c2ncc(C(=O)O)c(=O)[nH]2)cc1Br. The van der Waals surface area contributed by atoms with Gasteiger partial charge in [-0.25, -0.2) is 9.78 Å². The summed E-state index contributed by atoms with van der Waals surface area (Å²) >= 11 is 3.39. The molecule has 0 amide bonds. The summed E-state index contributed by atoms with van der Waals surface area (Å²) < 4.78 is 0.893. The molecular weight excluding hydrogens is 300 g/mol. The van der Waals surface area contributed by atoms with Gasteiger partial charge < -0.3 is 10.1 Å². The van der Waals surface area contributed by atoms with E-state index >= 15 is 0 Å². The van der Waals surface area contributed by atoms with Crippen molar-refractivity contribution < 1.29 is 9.90 Å². The maximum atomic E-state index is 11.5. The molecule has 0 aliphatic heterocycles. The first-order valence-corrected chi connectivity index (χ1v) is 5.87. The Labute approximate surface area is 111 Å². The quantitative estimate of drug-likeness (QED) is 0.891. The fraction of sp³-hybridized carbons (Fsp3) is 0.0833. The normalized spacial score (nSPS) is 10.3. The highest BCUT2D eigenvalue weighted by atomic mass is 79.9. The number of aromatic amines is 1. The summed E-state index contributed by atoms with van der Waals surface area (Å²) in [5.74, 6) is -0.953. The maximum Gasteiger partial charge on any atom is 0.342 e. The Morgan fingerprint density at radius 2 is 2.17 bits per heavy atom. The van der Waals surface area contributed by atoms with Gasteiger partial charge in [0.15, 0.2) is 0 Å². The van der Waals surface area contributed by atoms with E-state index in [1.54, 1.807) is 6.07 Å². The highest BCUT2D eigenvalue weighted by Gasteiger charge is 2.11. The highest BCUT2D eigenvalue weighted by molar-refractivity contribution is 9.10. The summed E-state index contributed by atoms with van der Waals surface area (Å²) in [5, 5.41) is 8.74. The molecule has 18 heavy (non-hydrogen) atoms. The van der Waals surface area contributed by atoms with Gasteiger partial charge in [-0.15, -0.1) is 0 Å². The minimum atomic E-state index is -1.29. The number of carboxylic acids is 1. The molecule has 0 atom stereocenters. The second-order valence-corrected chi connectivity index (χ2v) is 4.60. The van der Waals surface area contributed by atoms with Crippen LogP contribution in [0.3, 0.4) is 0 Å². The summed E-state index contributed by atoms with van der Waals surface area (Å²) in [6.45, 7) is 1.94. The van der Waals surface area contributed by atoms with Crippen LogP contribution >= 0.6 is 15.9 Å². The van der Waals surface area contributed by atoms with Gasteiger partial charge in [0.05, 0.1) is 0 Å². The summed E-state index contributed by atoms with van der Waals surface area (Å²) in [7, 11) is 0. The Kier molecular flexibility index (Phi) is 3.29. The van der Waals surface area contributed by atoms with Crippen molar-refractivity contribution >= 4 is 21.9 Å². The van der Waals surface area contributed by atoms with Crippen LogP contribution in [0.5, 0.6) is 0 Å². The van der Waals surface area contributed by atoms with Gasteiger partial charge in [-0.2, -0.15) is 0 Å². The Morgan fingerprint density at radius 3 is 2.72 bits per heavy atom. The number of carbonyl (C=O) groups is 1. The zero-order valence-electron chi connectivity index (χ0n) is 9.40. The first kappa shape index (κ1) is 12.5. The molecule has 0 aliphatic rings. The van der Waals surface area contributed by atoms with E-state index in [4.69, 9.17) is 5.11 Å². The van der Waals surface area contributed by atoms with Crippen molar-refractivity contribution in [3.05, 3.63) is 50.3 Å². The van der Waals surface area contributed by atoms with E-state index in [0.29, 0.717) is 11.4 Å². The van der Waals surface area contributed by atoms with Crippen molar-refractivity contribution in [2.75, 3.05) is 0 Å². The Morgan fingerprint density at radius 1 is 1.44 bits per heavy atom. The van der Waals surface area contributed by atoms with Crippen molar-refractivity contribution in [3.63, 3.8) is 0 Å². The second kappa shape index (κ2) is 4.73. The molecule has 5 nitrogen and oxygen atoms in total. The van der Waals surface area contributed by atoms with E-state index in [2.05, 4.69) is 25.9 Å². The lowest BCUT2D eigenvalue weighted by Crippen LogP contribution is -2.18. The molecule has 92 valence electrons.